The van der Waals surface area contributed by atoms with Gasteiger partial charge in [0.1, 0.15) is 5.69 Å². The molecule has 0 aliphatic rings. The summed E-state index contributed by atoms with van der Waals surface area (Å²) in [5.41, 5.74) is 4.62. The molecule has 4 aromatic rings. The normalized spacial score (nSPS) is 10.8. The quantitative estimate of drug-likeness (QED) is 0.527. The van der Waals surface area contributed by atoms with Crippen molar-refractivity contribution in [2.75, 3.05) is 0 Å². The van der Waals surface area contributed by atoms with E-state index in [0.717, 1.165) is 28.2 Å². The highest BCUT2D eigenvalue weighted by molar-refractivity contribution is 5.92. The van der Waals surface area contributed by atoms with Crippen LogP contribution >= 0.6 is 0 Å². The number of carbonyl (C=O) groups is 1. The van der Waals surface area contributed by atoms with Gasteiger partial charge in [-0.25, -0.2) is 9.36 Å². The average molecular weight is 413 g/mol. The molecule has 0 saturated carbocycles. The zero-order chi connectivity index (χ0) is 21.8. The van der Waals surface area contributed by atoms with Crippen LogP contribution in [0.15, 0.2) is 77.6 Å². The molecule has 0 aliphatic heterocycles. The molecule has 156 valence electrons. The molecule has 31 heavy (non-hydrogen) atoms. The molecule has 7 heteroatoms. The maximum Gasteiger partial charge on any atom is 0.271 e. The molecular weight excluding hydrogens is 390 g/mol. The monoisotopic (exact) mass is 413 g/mol. The van der Waals surface area contributed by atoms with Crippen LogP contribution in [-0.2, 0) is 13.1 Å². The molecule has 0 atom stereocenters. The molecule has 1 amide bonds. The Morgan fingerprint density at radius 2 is 1.58 bits per heavy atom. The van der Waals surface area contributed by atoms with Crippen molar-refractivity contribution < 1.29 is 4.79 Å². The minimum atomic E-state index is -0.340. The Bertz CT molecular complexity index is 1260. The summed E-state index contributed by atoms with van der Waals surface area (Å²) in [7, 11) is 0. The minimum absolute atomic E-state index is 0.196. The third-order valence-electron chi connectivity index (χ3n) is 5.14. The molecule has 1 N–H and O–H groups in total. The summed E-state index contributed by atoms with van der Waals surface area (Å²) in [6, 6.07) is 22.2. The predicted octanol–water partition coefficient (Wildman–Crippen LogP) is 3.02. The lowest BCUT2D eigenvalue weighted by Gasteiger charge is -2.09. The summed E-state index contributed by atoms with van der Waals surface area (Å²) in [5, 5.41) is 11.8. The second-order valence-corrected chi connectivity index (χ2v) is 7.28. The van der Waals surface area contributed by atoms with Gasteiger partial charge in [-0.15, -0.1) is 0 Å². The van der Waals surface area contributed by atoms with E-state index in [1.54, 1.807) is 0 Å². The zero-order valence-electron chi connectivity index (χ0n) is 17.4. The topological polar surface area (TPSA) is 81.8 Å². The Kier molecular flexibility index (Phi) is 5.75. The molecule has 2 heterocycles. The summed E-state index contributed by atoms with van der Waals surface area (Å²) >= 11 is 0. The molecule has 2 aromatic heterocycles. The first kappa shape index (κ1) is 20.3. The highest BCUT2D eigenvalue weighted by atomic mass is 16.2. The fraction of sp³-hybridized carbons (Fsp3) is 0.167. The molecule has 0 bridgehead atoms. The minimum Gasteiger partial charge on any atom is -0.346 e. The van der Waals surface area contributed by atoms with Crippen LogP contribution < -0.4 is 10.9 Å². The fourth-order valence-corrected chi connectivity index (χ4v) is 3.45. The SMILES string of the molecule is Cc1nn(-c2ccccc2)c(C)c1CNC(=O)c1ccc(=O)n(Cc2ccccc2)n1. The van der Waals surface area contributed by atoms with E-state index in [9.17, 15) is 9.59 Å². The van der Waals surface area contributed by atoms with Gasteiger partial charge in [-0.05, 0) is 37.6 Å². The first-order valence-electron chi connectivity index (χ1n) is 10.0. The van der Waals surface area contributed by atoms with Crippen LogP contribution in [0.25, 0.3) is 5.69 Å². The molecule has 2 aromatic carbocycles. The smallest absolute Gasteiger partial charge is 0.271 e. The van der Waals surface area contributed by atoms with Crippen LogP contribution in [-0.4, -0.2) is 25.5 Å². The van der Waals surface area contributed by atoms with Gasteiger partial charge < -0.3 is 5.32 Å². The highest BCUT2D eigenvalue weighted by Crippen LogP contribution is 2.17. The summed E-state index contributed by atoms with van der Waals surface area (Å²) in [4.78, 5) is 24.9. The van der Waals surface area contributed by atoms with Crippen molar-refractivity contribution in [3.05, 3.63) is 111 Å². The molecule has 0 fully saturated rings. The number of carbonyl (C=O) groups excluding carboxylic acids is 1. The van der Waals surface area contributed by atoms with Crippen molar-refractivity contribution in [3.63, 3.8) is 0 Å². The first-order chi connectivity index (χ1) is 15.0. The van der Waals surface area contributed by atoms with Crippen LogP contribution in [0.2, 0.25) is 0 Å². The predicted molar refractivity (Wildman–Crippen MR) is 118 cm³/mol. The van der Waals surface area contributed by atoms with Crippen molar-refractivity contribution in [2.24, 2.45) is 0 Å². The van der Waals surface area contributed by atoms with Gasteiger partial charge in [-0.2, -0.15) is 10.2 Å². The first-order valence-corrected chi connectivity index (χ1v) is 10.0. The zero-order valence-corrected chi connectivity index (χ0v) is 17.4. The molecule has 0 spiro atoms. The van der Waals surface area contributed by atoms with Crippen molar-refractivity contribution in [3.8, 4) is 5.69 Å². The van der Waals surface area contributed by atoms with E-state index >= 15 is 0 Å². The maximum absolute atomic E-state index is 12.7. The fourth-order valence-electron chi connectivity index (χ4n) is 3.45. The number of aromatic nitrogens is 4. The number of nitrogens with zero attached hydrogens (tertiary/aromatic N) is 4. The lowest BCUT2D eigenvalue weighted by Crippen LogP contribution is -2.29. The summed E-state index contributed by atoms with van der Waals surface area (Å²) < 4.78 is 3.17. The summed E-state index contributed by atoms with van der Waals surface area (Å²) in [5.74, 6) is -0.340. The second kappa shape index (κ2) is 8.79. The molecule has 4 rings (SSSR count). The van der Waals surface area contributed by atoms with Gasteiger partial charge in [0, 0.05) is 23.9 Å². The number of hydrogen-bond acceptors (Lipinski definition) is 4. The van der Waals surface area contributed by atoms with E-state index < -0.39 is 0 Å². The maximum atomic E-state index is 12.7. The van der Waals surface area contributed by atoms with Crippen molar-refractivity contribution >= 4 is 5.91 Å². The van der Waals surface area contributed by atoms with Crippen molar-refractivity contribution in [1.82, 2.24) is 24.9 Å². The number of hydrogen-bond donors (Lipinski definition) is 1. The van der Waals surface area contributed by atoms with E-state index in [4.69, 9.17) is 0 Å². The van der Waals surface area contributed by atoms with Crippen LogP contribution in [0, 0.1) is 13.8 Å². The molecular formula is C24H23N5O2. The van der Waals surface area contributed by atoms with E-state index in [-0.39, 0.29) is 17.2 Å². The van der Waals surface area contributed by atoms with Gasteiger partial charge >= 0.3 is 0 Å². The van der Waals surface area contributed by atoms with E-state index in [1.807, 2.05) is 79.2 Å². The van der Waals surface area contributed by atoms with E-state index in [0.29, 0.717) is 13.1 Å². The van der Waals surface area contributed by atoms with Gasteiger partial charge in [0.05, 0.1) is 17.9 Å². The number of nitrogens with one attached hydrogen (secondary N) is 1. The lowest BCUT2D eigenvalue weighted by molar-refractivity contribution is 0.0943. The Balaban J connectivity index is 1.50. The molecule has 0 aliphatic carbocycles. The van der Waals surface area contributed by atoms with Gasteiger partial charge in [-0.3, -0.25) is 9.59 Å². The standard InChI is InChI=1S/C24H23N5O2/c1-17-21(18(2)29(26-17)20-11-7-4-8-12-20)15-25-24(31)22-13-14-23(30)28(27-22)16-19-9-5-3-6-10-19/h3-14H,15-16H2,1-2H3,(H,25,31). The summed E-state index contributed by atoms with van der Waals surface area (Å²) in [6.07, 6.45) is 0. The van der Waals surface area contributed by atoms with Crippen LogP contribution in [0.5, 0.6) is 0 Å². The summed E-state index contributed by atoms with van der Waals surface area (Å²) in [6.45, 7) is 4.53. The Hall–Kier alpha value is -4.00. The van der Waals surface area contributed by atoms with Gasteiger partial charge in [-0.1, -0.05) is 48.5 Å². The molecule has 0 saturated heterocycles. The number of amides is 1. The number of rotatable bonds is 6. The average Bonchev–Trinajstić information content (AvgIpc) is 3.08. The molecule has 0 radical (unpaired) electrons. The molecule has 0 unspecified atom stereocenters. The van der Waals surface area contributed by atoms with Crippen LogP contribution in [0.3, 0.4) is 0 Å². The van der Waals surface area contributed by atoms with Gasteiger partial charge in [0.2, 0.25) is 0 Å². The number of para-hydroxylation sites is 1. The van der Waals surface area contributed by atoms with Gasteiger partial charge in [0.25, 0.3) is 11.5 Å². The van der Waals surface area contributed by atoms with E-state index in [2.05, 4.69) is 15.5 Å². The third-order valence-corrected chi connectivity index (χ3v) is 5.14. The van der Waals surface area contributed by atoms with Crippen LogP contribution in [0.1, 0.15) is 33.0 Å². The Labute approximate surface area is 180 Å². The largest absolute Gasteiger partial charge is 0.346 e. The number of aryl methyl sites for hydroxylation is 1. The van der Waals surface area contributed by atoms with Crippen molar-refractivity contribution in [2.45, 2.75) is 26.9 Å². The number of benzene rings is 2. The third kappa shape index (κ3) is 4.45. The van der Waals surface area contributed by atoms with Crippen LogP contribution in [0.4, 0.5) is 0 Å². The van der Waals surface area contributed by atoms with Gasteiger partial charge in [0.15, 0.2) is 0 Å². The molecule has 7 nitrogen and oxygen atoms in total. The Morgan fingerprint density at radius 1 is 0.903 bits per heavy atom. The second-order valence-electron chi connectivity index (χ2n) is 7.28. The van der Waals surface area contributed by atoms with Crippen molar-refractivity contribution in [1.29, 1.82) is 0 Å². The lowest BCUT2D eigenvalue weighted by atomic mass is 10.2. The Morgan fingerprint density at radius 3 is 2.29 bits per heavy atom. The van der Waals surface area contributed by atoms with E-state index in [1.165, 1.54) is 16.8 Å². The highest BCUT2D eigenvalue weighted by Gasteiger charge is 2.15.